The van der Waals surface area contributed by atoms with Crippen molar-refractivity contribution in [3.8, 4) is 11.8 Å². The maximum absolute atomic E-state index is 12.5. The van der Waals surface area contributed by atoms with Crippen LogP contribution in [0, 0.1) is 11.3 Å². The first-order valence-corrected chi connectivity index (χ1v) is 14.2. The molecule has 2 amide bonds. The third kappa shape index (κ3) is 9.23. The molecule has 3 rings (SSSR count). The second-order valence-corrected chi connectivity index (χ2v) is 9.99. The number of carbonyl (C=O) groups excluding carboxylic acids is 2. The third-order valence-corrected chi connectivity index (χ3v) is 7.10. The molecule has 0 saturated carbocycles. The average molecular weight is 557 g/mol. The van der Waals surface area contributed by atoms with E-state index in [4.69, 9.17) is 18.3 Å². The zero-order chi connectivity index (χ0) is 28.1. The van der Waals surface area contributed by atoms with E-state index in [1.807, 2.05) is 5.01 Å². The van der Waals surface area contributed by atoms with E-state index in [-0.39, 0.29) is 38.2 Å². The summed E-state index contributed by atoms with van der Waals surface area (Å²) in [6, 6.07) is 13.3. The Morgan fingerprint density at radius 1 is 1.03 bits per heavy atom. The number of benzene rings is 2. The fourth-order valence-corrected chi connectivity index (χ4v) is 4.74. The molecule has 2 N–H and O–H groups in total. The predicted octanol–water partition coefficient (Wildman–Crippen LogP) is 4.28. The maximum Gasteiger partial charge on any atom is 0.529 e. The normalized spacial score (nSPS) is 13.7. The molecule has 0 bridgehead atoms. The molecule has 39 heavy (non-hydrogen) atoms. The molecule has 1 heterocycles. The van der Waals surface area contributed by atoms with Gasteiger partial charge in [0.25, 0.3) is 11.8 Å². The van der Waals surface area contributed by atoms with Gasteiger partial charge in [-0.2, -0.15) is 5.26 Å². The van der Waals surface area contributed by atoms with E-state index in [9.17, 15) is 19.4 Å². The molecule has 0 radical (unpaired) electrons. The number of phosphoric acid groups is 1. The number of carbonyl (C=O) groups is 2. The van der Waals surface area contributed by atoms with Crippen molar-refractivity contribution in [3.63, 3.8) is 0 Å². The maximum atomic E-state index is 12.5. The van der Waals surface area contributed by atoms with Gasteiger partial charge in [-0.25, -0.2) is 9.57 Å². The summed E-state index contributed by atoms with van der Waals surface area (Å²) in [6.07, 6.45) is 4.83. The molecule has 0 aliphatic carbocycles. The van der Waals surface area contributed by atoms with E-state index in [2.05, 4.69) is 16.8 Å². The topological polar surface area (TPSA) is 139 Å². The Kier molecular flexibility index (Phi) is 11.5. The van der Waals surface area contributed by atoms with Crippen molar-refractivity contribution in [1.82, 2.24) is 15.8 Å². The Morgan fingerprint density at radius 2 is 1.67 bits per heavy atom. The third-order valence-electron chi connectivity index (χ3n) is 5.57. The lowest BCUT2D eigenvalue weighted by molar-refractivity contribution is 0.0824. The van der Waals surface area contributed by atoms with E-state index in [0.717, 1.165) is 25.9 Å². The lowest BCUT2D eigenvalue weighted by Gasteiger charge is -2.16. The average Bonchev–Trinajstić information content (AvgIpc) is 3.45. The summed E-state index contributed by atoms with van der Waals surface area (Å²) >= 11 is 0. The van der Waals surface area contributed by atoms with Crippen molar-refractivity contribution in [2.45, 2.75) is 26.7 Å². The Labute approximate surface area is 228 Å². The smallest absolute Gasteiger partial charge is 0.491 e. The van der Waals surface area contributed by atoms with Crippen LogP contribution < -0.4 is 15.5 Å². The van der Waals surface area contributed by atoms with Gasteiger partial charge in [0.2, 0.25) is 0 Å². The predicted molar refractivity (Wildman–Crippen MR) is 145 cm³/mol. The summed E-state index contributed by atoms with van der Waals surface area (Å²) < 4.78 is 33.6. The molecule has 0 atom stereocenters. The van der Waals surface area contributed by atoms with Crippen molar-refractivity contribution in [2.75, 3.05) is 39.5 Å². The minimum Gasteiger partial charge on any atom is -0.491 e. The zero-order valence-electron chi connectivity index (χ0n) is 22.1. The molecule has 1 aliphatic heterocycles. The lowest BCUT2D eigenvalue weighted by atomic mass is 10.1. The van der Waals surface area contributed by atoms with Gasteiger partial charge in [0.05, 0.1) is 37.7 Å². The molecule has 2 aromatic carbocycles. The van der Waals surface area contributed by atoms with Crippen LogP contribution >= 0.6 is 7.82 Å². The molecule has 1 aliphatic rings. The van der Waals surface area contributed by atoms with Gasteiger partial charge >= 0.3 is 7.82 Å². The summed E-state index contributed by atoms with van der Waals surface area (Å²) in [5.41, 5.74) is 4.69. The van der Waals surface area contributed by atoms with Gasteiger partial charge in [-0.05, 0) is 75.2 Å². The van der Waals surface area contributed by atoms with Gasteiger partial charge in [0.15, 0.2) is 0 Å². The summed E-state index contributed by atoms with van der Waals surface area (Å²) in [5, 5.41) is 13.9. The summed E-state index contributed by atoms with van der Waals surface area (Å²) in [5.74, 6) is -0.142. The molecular formula is C27H33N4O7P. The molecule has 1 saturated heterocycles. The van der Waals surface area contributed by atoms with Crippen LogP contribution in [0.15, 0.2) is 48.7 Å². The zero-order valence-corrected chi connectivity index (χ0v) is 22.9. The van der Waals surface area contributed by atoms with Crippen LogP contribution in [0.1, 0.15) is 58.5 Å². The van der Waals surface area contributed by atoms with Gasteiger partial charge in [-0.3, -0.25) is 24.1 Å². The second kappa shape index (κ2) is 15.0. The number of hydrogen-bond acceptors (Lipinski definition) is 9. The molecule has 1 fully saturated rings. The quantitative estimate of drug-likeness (QED) is 0.198. The van der Waals surface area contributed by atoms with Gasteiger partial charge in [-0.1, -0.05) is 0 Å². The number of rotatable bonds is 14. The van der Waals surface area contributed by atoms with Crippen LogP contribution in [0.5, 0.6) is 5.75 Å². The molecule has 0 aromatic heterocycles. The van der Waals surface area contributed by atoms with Crippen molar-refractivity contribution in [2.24, 2.45) is 0 Å². The van der Waals surface area contributed by atoms with Crippen molar-refractivity contribution >= 4 is 25.7 Å². The monoisotopic (exact) mass is 556 g/mol. The summed E-state index contributed by atoms with van der Waals surface area (Å²) in [4.78, 5) is 24.9. The standard InChI is InChI=1S/C27H33N4O7P/c1-3-36-39(34,37-4-2)38-17-13-22-8-7-21(20-28)19-25(22)35-18-14-29-26(32)23-9-11-24(12-10-23)27(33)30-31-15-5-6-16-31/h7-13,17,19H,3-6,14-16,18H2,1-2H3,(H,29,32)(H,30,33). The SMILES string of the molecule is CCOP(=O)(OC=Cc1ccc(C#N)cc1OCCNC(=O)c1ccc(C(=O)NN2CCCC2)cc1)OCC. The van der Waals surface area contributed by atoms with Gasteiger partial charge in [0.1, 0.15) is 12.4 Å². The Hall–Kier alpha value is -3.68. The highest BCUT2D eigenvalue weighted by atomic mass is 31.2. The number of hydrazine groups is 1. The Bertz CT molecular complexity index is 1230. The van der Waals surface area contributed by atoms with Gasteiger partial charge in [0, 0.05) is 29.8 Å². The molecule has 208 valence electrons. The first-order valence-electron chi connectivity index (χ1n) is 12.7. The highest BCUT2D eigenvalue weighted by molar-refractivity contribution is 7.48. The fraction of sp³-hybridized carbons (Fsp3) is 0.370. The van der Waals surface area contributed by atoms with E-state index in [0.29, 0.717) is 28.0 Å². The largest absolute Gasteiger partial charge is 0.529 e. The van der Waals surface area contributed by atoms with Gasteiger partial charge in [-0.15, -0.1) is 0 Å². The van der Waals surface area contributed by atoms with Gasteiger partial charge < -0.3 is 14.6 Å². The van der Waals surface area contributed by atoms with Crippen molar-refractivity contribution in [3.05, 3.63) is 71.0 Å². The number of nitrogens with zero attached hydrogens (tertiary/aromatic N) is 2. The highest BCUT2D eigenvalue weighted by Crippen LogP contribution is 2.49. The molecule has 12 heteroatoms. The minimum absolute atomic E-state index is 0.120. The second-order valence-electron chi connectivity index (χ2n) is 8.37. The number of hydrogen-bond donors (Lipinski definition) is 2. The summed E-state index contributed by atoms with van der Waals surface area (Å²) in [6.45, 7) is 5.64. The van der Waals surface area contributed by atoms with Crippen LogP contribution in [0.2, 0.25) is 0 Å². The van der Waals surface area contributed by atoms with E-state index in [1.54, 1.807) is 56.3 Å². The van der Waals surface area contributed by atoms with Crippen molar-refractivity contribution in [1.29, 1.82) is 5.26 Å². The number of phosphoric ester groups is 1. The number of amides is 2. The molecular weight excluding hydrogens is 523 g/mol. The van der Waals surface area contributed by atoms with E-state index in [1.165, 1.54) is 12.3 Å². The lowest BCUT2D eigenvalue weighted by Crippen LogP contribution is -2.40. The van der Waals surface area contributed by atoms with Crippen LogP contribution in [0.3, 0.4) is 0 Å². The summed E-state index contributed by atoms with van der Waals surface area (Å²) in [7, 11) is -3.72. The van der Waals surface area contributed by atoms with E-state index >= 15 is 0 Å². The number of nitrogens with one attached hydrogen (secondary N) is 2. The van der Waals surface area contributed by atoms with Crippen LogP contribution in [0.4, 0.5) is 0 Å². The highest BCUT2D eigenvalue weighted by Gasteiger charge is 2.25. The van der Waals surface area contributed by atoms with E-state index < -0.39 is 7.82 Å². The molecule has 2 aromatic rings. The van der Waals surface area contributed by atoms with Crippen LogP contribution in [-0.2, 0) is 18.1 Å². The molecule has 0 unspecified atom stereocenters. The fourth-order valence-electron chi connectivity index (χ4n) is 3.70. The van der Waals surface area contributed by atoms with Crippen molar-refractivity contribution < 1.29 is 32.5 Å². The molecule has 0 spiro atoms. The van der Waals surface area contributed by atoms with Crippen LogP contribution in [-0.4, -0.2) is 56.3 Å². The first-order chi connectivity index (χ1) is 18.9. The van der Waals surface area contributed by atoms with Crippen LogP contribution in [0.25, 0.3) is 6.08 Å². The number of ether oxygens (including phenoxy) is 1. The first kappa shape index (κ1) is 29.9. The Balaban J connectivity index is 1.53. The minimum atomic E-state index is -3.72. The number of nitriles is 1. The molecule has 11 nitrogen and oxygen atoms in total. The Morgan fingerprint density at radius 3 is 2.28 bits per heavy atom.